The molecule has 0 radical (unpaired) electrons. The Morgan fingerprint density at radius 1 is 1.05 bits per heavy atom. The molecule has 1 aliphatic heterocycles. The van der Waals surface area contributed by atoms with E-state index in [1.807, 2.05) is 0 Å². The van der Waals surface area contributed by atoms with Gasteiger partial charge in [-0.25, -0.2) is 4.79 Å². The third-order valence-electron chi connectivity index (χ3n) is 5.56. The number of hydrogen-bond donors (Lipinski definition) is 2. The number of hydrogen-bond acceptors (Lipinski definition) is 3. The van der Waals surface area contributed by atoms with Gasteiger partial charge in [0.15, 0.2) is 0 Å². The number of piperidine rings is 1. The smallest absolute Gasteiger partial charge is 0.326 e. The zero-order chi connectivity index (χ0) is 14.3. The number of nitrogens with two attached hydrogens (primary N) is 1. The van der Waals surface area contributed by atoms with Gasteiger partial charge in [-0.05, 0) is 50.9 Å². The van der Waals surface area contributed by atoms with Crippen molar-refractivity contribution in [2.75, 3.05) is 0 Å². The summed E-state index contributed by atoms with van der Waals surface area (Å²) < 4.78 is 0. The number of aliphatic carboxylic acids is 1. The Labute approximate surface area is 119 Å². The molecule has 3 atom stereocenters. The van der Waals surface area contributed by atoms with Crippen LogP contribution in [0.1, 0.15) is 57.8 Å². The highest BCUT2D eigenvalue weighted by molar-refractivity contribution is 5.91. The van der Waals surface area contributed by atoms with Crippen molar-refractivity contribution in [3.63, 3.8) is 0 Å². The summed E-state index contributed by atoms with van der Waals surface area (Å²) in [5.41, 5.74) is 5.39. The van der Waals surface area contributed by atoms with E-state index in [9.17, 15) is 14.7 Å². The molecule has 0 aromatic heterocycles. The topological polar surface area (TPSA) is 83.6 Å². The van der Waals surface area contributed by atoms with E-state index in [4.69, 9.17) is 5.73 Å². The molecule has 2 saturated carbocycles. The van der Waals surface area contributed by atoms with Crippen LogP contribution in [0, 0.1) is 5.92 Å². The Balaban J connectivity index is 1.87. The normalized spacial score (nSPS) is 35.9. The van der Waals surface area contributed by atoms with Crippen LogP contribution in [-0.4, -0.2) is 39.5 Å². The lowest BCUT2D eigenvalue weighted by molar-refractivity contribution is -0.163. The summed E-state index contributed by atoms with van der Waals surface area (Å²) in [6.07, 6.45) is 8.25. The number of rotatable bonds is 2. The summed E-state index contributed by atoms with van der Waals surface area (Å²) in [6, 6.07) is -0.560. The van der Waals surface area contributed by atoms with Crippen LogP contribution < -0.4 is 5.73 Å². The lowest BCUT2D eigenvalue weighted by atomic mass is 9.72. The molecule has 20 heavy (non-hydrogen) atoms. The van der Waals surface area contributed by atoms with Gasteiger partial charge in [-0.2, -0.15) is 0 Å². The zero-order valence-corrected chi connectivity index (χ0v) is 11.9. The molecule has 3 aliphatic rings. The van der Waals surface area contributed by atoms with Gasteiger partial charge in [0.25, 0.3) is 0 Å². The van der Waals surface area contributed by atoms with Crippen LogP contribution in [0.3, 0.4) is 0 Å². The molecular formula is C15H24N2O3. The summed E-state index contributed by atoms with van der Waals surface area (Å²) in [6.45, 7) is 0. The molecule has 2 aliphatic carbocycles. The summed E-state index contributed by atoms with van der Waals surface area (Å²) in [5.74, 6) is -0.495. The minimum atomic E-state index is -0.870. The second-order valence-electron chi connectivity index (χ2n) is 6.77. The van der Waals surface area contributed by atoms with Crippen molar-refractivity contribution >= 4 is 11.9 Å². The maximum absolute atomic E-state index is 12.8. The molecule has 1 saturated heterocycles. The second kappa shape index (κ2) is 5.02. The lowest BCUT2D eigenvalue weighted by Crippen LogP contribution is -2.67. The molecule has 0 bridgehead atoms. The predicted molar refractivity (Wildman–Crippen MR) is 74.0 cm³/mol. The molecule has 3 unspecified atom stereocenters. The molecule has 3 fully saturated rings. The average molecular weight is 280 g/mol. The van der Waals surface area contributed by atoms with E-state index in [0.29, 0.717) is 25.2 Å². The third kappa shape index (κ3) is 2.12. The highest BCUT2D eigenvalue weighted by atomic mass is 16.4. The largest absolute Gasteiger partial charge is 0.480 e. The van der Waals surface area contributed by atoms with Crippen molar-refractivity contribution in [1.29, 1.82) is 0 Å². The number of fused-ring (bicyclic) bond motifs is 1. The fourth-order valence-corrected chi connectivity index (χ4v) is 4.20. The second-order valence-corrected chi connectivity index (χ2v) is 6.77. The van der Waals surface area contributed by atoms with Crippen LogP contribution in [0.15, 0.2) is 0 Å². The van der Waals surface area contributed by atoms with E-state index in [1.54, 1.807) is 4.90 Å². The quantitative estimate of drug-likeness (QED) is 0.803. The fourth-order valence-electron chi connectivity index (χ4n) is 4.20. The molecule has 0 spiro atoms. The predicted octanol–water partition coefficient (Wildman–Crippen LogP) is 1.50. The minimum absolute atomic E-state index is 0.104. The van der Waals surface area contributed by atoms with Crippen LogP contribution in [-0.2, 0) is 9.59 Å². The van der Waals surface area contributed by atoms with Gasteiger partial charge in [-0.1, -0.05) is 12.8 Å². The number of carbonyl (C=O) groups excluding carboxylic acids is 1. The Kier molecular flexibility index (Phi) is 3.48. The highest BCUT2D eigenvalue weighted by Crippen LogP contribution is 2.41. The first-order valence-electron chi connectivity index (χ1n) is 7.87. The molecule has 1 amide bonds. The summed E-state index contributed by atoms with van der Waals surface area (Å²) in [5, 5.41) is 9.47. The highest BCUT2D eigenvalue weighted by Gasteiger charge is 2.50. The maximum Gasteiger partial charge on any atom is 0.326 e. The zero-order valence-electron chi connectivity index (χ0n) is 11.9. The number of carboxylic acid groups (broad SMARTS) is 1. The number of likely N-dealkylation sites (tertiary alicyclic amines) is 1. The van der Waals surface area contributed by atoms with E-state index in [0.717, 1.165) is 32.1 Å². The first kappa shape index (κ1) is 13.9. The van der Waals surface area contributed by atoms with Gasteiger partial charge in [-0.15, -0.1) is 0 Å². The third-order valence-corrected chi connectivity index (χ3v) is 5.56. The van der Waals surface area contributed by atoms with Crippen LogP contribution in [0.2, 0.25) is 0 Å². The SMILES string of the molecule is NC1(C(=O)N2C(C(=O)O)CCC3CCCCC32)CCC1. The Morgan fingerprint density at radius 2 is 1.75 bits per heavy atom. The summed E-state index contributed by atoms with van der Waals surface area (Å²) in [7, 11) is 0. The summed E-state index contributed by atoms with van der Waals surface area (Å²) in [4.78, 5) is 26.0. The lowest BCUT2D eigenvalue weighted by Gasteiger charge is -2.51. The minimum Gasteiger partial charge on any atom is -0.480 e. The van der Waals surface area contributed by atoms with Gasteiger partial charge < -0.3 is 15.7 Å². The first-order valence-corrected chi connectivity index (χ1v) is 7.87. The van der Waals surface area contributed by atoms with Crippen LogP contribution >= 0.6 is 0 Å². The fraction of sp³-hybridized carbons (Fsp3) is 0.867. The van der Waals surface area contributed by atoms with Crippen molar-refractivity contribution in [2.24, 2.45) is 11.7 Å². The number of carboxylic acids is 1. The van der Waals surface area contributed by atoms with Gasteiger partial charge in [0.2, 0.25) is 5.91 Å². The van der Waals surface area contributed by atoms with E-state index in [2.05, 4.69) is 0 Å². The molecule has 5 heteroatoms. The van der Waals surface area contributed by atoms with Gasteiger partial charge >= 0.3 is 5.97 Å². The van der Waals surface area contributed by atoms with Crippen LogP contribution in [0.25, 0.3) is 0 Å². The van der Waals surface area contributed by atoms with Gasteiger partial charge in [-0.3, -0.25) is 4.79 Å². The molecule has 0 aromatic carbocycles. The van der Waals surface area contributed by atoms with E-state index < -0.39 is 17.6 Å². The van der Waals surface area contributed by atoms with Crippen LogP contribution in [0.5, 0.6) is 0 Å². The Morgan fingerprint density at radius 3 is 2.35 bits per heavy atom. The number of nitrogens with zero attached hydrogens (tertiary/aromatic N) is 1. The first-order chi connectivity index (χ1) is 9.53. The Bertz CT molecular complexity index is 419. The van der Waals surface area contributed by atoms with Gasteiger partial charge in [0.1, 0.15) is 6.04 Å². The van der Waals surface area contributed by atoms with Crippen molar-refractivity contribution in [3.8, 4) is 0 Å². The molecule has 3 rings (SSSR count). The maximum atomic E-state index is 12.8. The molecule has 3 N–H and O–H groups in total. The van der Waals surface area contributed by atoms with E-state index >= 15 is 0 Å². The monoisotopic (exact) mass is 280 g/mol. The van der Waals surface area contributed by atoms with Crippen molar-refractivity contribution in [1.82, 2.24) is 4.90 Å². The summed E-state index contributed by atoms with van der Waals surface area (Å²) >= 11 is 0. The van der Waals surface area contributed by atoms with E-state index in [1.165, 1.54) is 6.42 Å². The molecule has 112 valence electrons. The van der Waals surface area contributed by atoms with Gasteiger partial charge in [0, 0.05) is 6.04 Å². The Hall–Kier alpha value is -1.10. The van der Waals surface area contributed by atoms with E-state index in [-0.39, 0.29) is 11.9 Å². The van der Waals surface area contributed by atoms with Gasteiger partial charge in [0.05, 0.1) is 5.54 Å². The molecule has 0 aromatic rings. The van der Waals surface area contributed by atoms with Crippen LogP contribution in [0.4, 0.5) is 0 Å². The standard InChI is InChI=1S/C15H24N2O3/c16-15(8-3-9-15)14(20)17-11-5-2-1-4-10(11)6-7-12(17)13(18)19/h10-12H,1-9,16H2,(H,18,19). The number of carbonyl (C=O) groups is 2. The van der Waals surface area contributed by atoms with Crippen molar-refractivity contribution in [2.45, 2.75) is 75.4 Å². The average Bonchev–Trinajstić information content (AvgIpc) is 2.42. The molecule has 5 nitrogen and oxygen atoms in total. The van der Waals surface area contributed by atoms with Crippen molar-refractivity contribution < 1.29 is 14.7 Å². The number of amides is 1. The molecule has 1 heterocycles. The molecular weight excluding hydrogens is 256 g/mol. The van der Waals surface area contributed by atoms with Crippen molar-refractivity contribution in [3.05, 3.63) is 0 Å².